The van der Waals surface area contributed by atoms with E-state index in [1.165, 1.54) is 11.8 Å². The SMILES string of the molecule is C=CCn1cc(/C=C2\SC(=Nc3ccccc3)N(c3ccccc3)C2=O)c2ccccc21. The maximum absolute atomic E-state index is 13.5. The first kappa shape index (κ1) is 20.1. The van der Waals surface area contributed by atoms with Crippen LogP contribution < -0.4 is 4.90 Å². The van der Waals surface area contributed by atoms with Crippen LogP contribution >= 0.6 is 11.8 Å². The smallest absolute Gasteiger partial charge is 0.271 e. The van der Waals surface area contributed by atoms with Gasteiger partial charge in [-0.05, 0) is 48.2 Å². The molecule has 156 valence electrons. The predicted octanol–water partition coefficient (Wildman–Crippen LogP) is 6.64. The molecule has 5 heteroatoms. The van der Waals surface area contributed by atoms with E-state index in [-0.39, 0.29) is 5.91 Å². The molecule has 3 aromatic carbocycles. The molecule has 2 heterocycles. The van der Waals surface area contributed by atoms with Crippen molar-refractivity contribution in [2.45, 2.75) is 6.54 Å². The first-order chi connectivity index (χ1) is 15.7. The number of amides is 1. The Morgan fingerprint density at radius 1 is 0.906 bits per heavy atom. The zero-order valence-electron chi connectivity index (χ0n) is 17.4. The van der Waals surface area contributed by atoms with Crippen LogP contribution in [0.1, 0.15) is 5.56 Å². The summed E-state index contributed by atoms with van der Waals surface area (Å²) in [5.41, 5.74) is 3.74. The average Bonchev–Trinajstić information content (AvgIpc) is 3.33. The maximum Gasteiger partial charge on any atom is 0.271 e. The summed E-state index contributed by atoms with van der Waals surface area (Å²) >= 11 is 1.40. The van der Waals surface area contributed by atoms with Gasteiger partial charge in [-0.25, -0.2) is 4.99 Å². The number of hydrogen-bond acceptors (Lipinski definition) is 3. The van der Waals surface area contributed by atoms with Gasteiger partial charge in [0.2, 0.25) is 0 Å². The quantitative estimate of drug-likeness (QED) is 0.260. The lowest BCUT2D eigenvalue weighted by Crippen LogP contribution is -2.28. The van der Waals surface area contributed by atoms with Gasteiger partial charge >= 0.3 is 0 Å². The fourth-order valence-corrected chi connectivity index (χ4v) is 4.78. The van der Waals surface area contributed by atoms with E-state index in [9.17, 15) is 4.79 Å². The van der Waals surface area contributed by atoms with Crippen LogP contribution in [0.4, 0.5) is 11.4 Å². The number of carbonyl (C=O) groups is 1. The number of fused-ring (bicyclic) bond motifs is 1. The summed E-state index contributed by atoms with van der Waals surface area (Å²) in [5.74, 6) is -0.0727. The van der Waals surface area contributed by atoms with Gasteiger partial charge in [0.15, 0.2) is 5.17 Å². The minimum atomic E-state index is -0.0727. The third-order valence-corrected chi connectivity index (χ3v) is 6.20. The summed E-state index contributed by atoms with van der Waals surface area (Å²) in [4.78, 5) is 20.6. The van der Waals surface area contributed by atoms with Crippen molar-refractivity contribution in [2.24, 2.45) is 4.99 Å². The van der Waals surface area contributed by atoms with E-state index < -0.39 is 0 Å². The number of amidine groups is 1. The molecule has 1 saturated heterocycles. The van der Waals surface area contributed by atoms with E-state index >= 15 is 0 Å². The zero-order valence-corrected chi connectivity index (χ0v) is 18.2. The molecule has 4 nitrogen and oxygen atoms in total. The van der Waals surface area contributed by atoms with Crippen molar-refractivity contribution in [3.63, 3.8) is 0 Å². The van der Waals surface area contributed by atoms with Crippen molar-refractivity contribution < 1.29 is 4.79 Å². The third-order valence-electron chi connectivity index (χ3n) is 5.23. The number of benzene rings is 3. The Labute approximate surface area is 191 Å². The molecule has 1 aliphatic heterocycles. The molecule has 0 N–H and O–H groups in total. The number of nitrogens with zero attached hydrogens (tertiary/aromatic N) is 3. The standard InChI is InChI=1S/C27H21N3OS/c1-2-17-29-19-20(23-15-9-10-16-24(23)29)18-25-26(31)30(22-13-7-4-8-14-22)27(32-25)28-21-11-5-3-6-12-21/h2-16,18-19H,1,17H2/b25-18-,28-27?. The van der Waals surface area contributed by atoms with Gasteiger partial charge in [0.1, 0.15) is 0 Å². The largest absolute Gasteiger partial charge is 0.343 e. The summed E-state index contributed by atoms with van der Waals surface area (Å²) in [6.07, 6.45) is 5.92. The van der Waals surface area contributed by atoms with Crippen molar-refractivity contribution in [1.29, 1.82) is 0 Å². The molecule has 1 amide bonds. The lowest BCUT2D eigenvalue weighted by Gasteiger charge is -2.15. The van der Waals surface area contributed by atoms with Crippen molar-refractivity contribution in [2.75, 3.05) is 4.90 Å². The van der Waals surface area contributed by atoms with Gasteiger partial charge in [-0.3, -0.25) is 9.69 Å². The molecule has 4 aromatic rings. The Morgan fingerprint density at radius 3 is 2.34 bits per heavy atom. The van der Waals surface area contributed by atoms with Crippen LogP contribution in [0.5, 0.6) is 0 Å². The van der Waals surface area contributed by atoms with E-state index in [2.05, 4.69) is 29.5 Å². The highest BCUT2D eigenvalue weighted by Gasteiger charge is 2.34. The minimum absolute atomic E-state index is 0.0727. The Hall–Kier alpha value is -3.83. The van der Waals surface area contributed by atoms with Gasteiger partial charge in [0.05, 0.1) is 16.3 Å². The molecular formula is C27H21N3OS. The molecule has 1 aromatic heterocycles. The van der Waals surface area contributed by atoms with Crippen molar-refractivity contribution >= 4 is 51.2 Å². The second-order valence-electron chi connectivity index (χ2n) is 7.36. The number of hydrogen-bond donors (Lipinski definition) is 0. The van der Waals surface area contributed by atoms with Gasteiger partial charge in [-0.2, -0.15) is 0 Å². The van der Waals surface area contributed by atoms with Crippen molar-refractivity contribution in [1.82, 2.24) is 4.57 Å². The van der Waals surface area contributed by atoms with Crippen LogP contribution in [-0.2, 0) is 11.3 Å². The summed E-state index contributed by atoms with van der Waals surface area (Å²) in [7, 11) is 0. The average molecular weight is 436 g/mol. The van der Waals surface area contributed by atoms with Crippen LogP contribution in [-0.4, -0.2) is 15.6 Å². The van der Waals surface area contributed by atoms with Gasteiger partial charge in [0, 0.05) is 29.2 Å². The molecule has 0 spiro atoms. The van der Waals surface area contributed by atoms with Crippen molar-refractivity contribution in [3.8, 4) is 0 Å². The van der Waals surface area contributed by atoms with Crippen LogP contribution in [0.15, 0.2) is 114 Å². The molecule has 0 radical (unpaired) electrons. The molecule has 0 saturated carbocycles. The Bertz CT molecular complexity index is 1350. The van der Waals surface area contributed by atoms with E-state index in [1.54, 1.807) is 4.90 Å². The fraction of sp³-hybridized carbons (Fsp3) is 0.0370. The first-order valence-electron chi connectivity index (χ1n) is 10.4. The summed E-state index contributed by atoms with van der Waals surface area (Å²) < 4.78 is 2.15. The van der Waals surface area contributed by atoms with Crippen LogP contribution in [0.25, 0.3) is 17.0 Å². The monoisotopic (exact) mass is 435 g/mol. The molecule has 5 rings (SSSR count). The fourth-order valence-electron chi connectivity index (χ4n) is 3.79. The molecule has 1 fully saturated rings. The normalized spacial score (nSPS) is 16.4. The number of para-hydroxylation sites is 3. The van der Waals surface area contributed by atoms with E-state index in [0.717, 1.165) is 27.8 Å². The van der Waals surface area contributed by atoms with E-state index in [4.69, 9.17) is 4.99 Å². The molecule has 1 aliphatic rings. The van der Waals surface area contributed by atoms with Crippen LogP contribution in [0, 0.1) is 0 Å². The third kappa shape index (κ3) is 3.79. The van der Waals surface area contributed by atoms with Gasteiger partial charge in [0.25, 0.3) is 5.91 Å². The lowest BCUT2D eigenvalue weighted by atomic mass is 10.1. The Kier molecular flexibility index (Phi) is 5.48. The summed E-state index contributed by atoms with van der Waals surface area (Å²) in [6, 6.07) is 27.6. The number of anilines is 1. The summed E-state index contributed by atoms with van der Waals surface area (Å²) in [6.45, 7) is 4.57. The van der Waals surface area contributed by atoms with Crippen molar-refractivity contribution in [3.05, 3.63) is 114 Å². The Morgan fingerprint density at radius 2 is 1.59 bits per heavy atom. The van der Waals surface area contributed by atoms with Gasteiger partial charge < -0.3 is 4.57 Å². The minimum Gasteiger partial charge on any atom is -0.343 e. The molecule has 0 unspecified atom stereocenters. The molecule has 0 aliphatic carbocycles. The van der Waals surface area contributed by atoms with Gasteiger partial charge in [-0.1, -0.05) is 60.7 Å². The topological polar surface area (TPSA) is 37.6 Å². The van der Waals surface area contributed by atoms with E-state index in [0.29, 0.717) is 16.6 Å². The lowest BCUT2D eigenvalue weighted by molar-refractivity contribution is -0.113. The maximum atomic E-state index is 13.5. The van der Waals surface area contributed by atoms with Crippen LogP contribution in [0.3, 0.4) is 0 Å². The Balaban J connectivity index is 1.61. The number of aromatic nitrogens is 1. The molecular weight excluding hydrogens is 414 g/mol. The van der Waals surface area contributed by atoms with Gasteiger partial charge in [-0.15, -0.1) is 6.58 Å². The molecule has 0 atom stereocenters. The highest BCUT2D eigenvalue weighted by Crippen LogP contribution is 2.38. The molecule has 0 bridgehead atoms. The number of allylic oxidation sites excluding steroid dienone is 1. The highest BCUT2D eigenvalue weighted by atomic mass is 32.2. The highest BCUT2D eigenvalue weighted by molar-refractivity contribution is 8.19. The second kappa shape index (κ2) is 8.73. The second-order valence-corrected chi connectivity index (χ2v) is 8.37. The number of rotatable bonds is 5. The number of aliphatic imine (C=N–C) groups is 1. The van der Waals surface area contributed by atoms with Crippen LogP contribution in [0.2, 0.25) is 0 Å². The van der Waals surface area contributed by atoms with E-state index in [1.807, 2.05) is 84.9 Å². The summed E-state index contributed by atoms with van der Waals surface area (Å²) in [5, 5.41) is 1.75. The molecule has 32 heavy (non-hydrogen) atoms. The first-order valence-corrected chi connectivity index (χ1v) is 11.2. The number of thioether (sulfide) groups is 1. The number of carbonyl (C=O) groups excluding carboxylic acids is 1. The zero-order chi connectivity index (χ0) is 21.9. The predicted molar refractivity (Wildman–Crippen MR) is 135 cm³/mol.